The van der Waals surface area contributed by atoms with Crippen LogP contribution < -0.4 is 0 Å². The summed E-state index contributed by atoms with van der Waals surface area (Å²) in [6.07, 6.45) is 2.19. The van der Waals surface area contributed by atoms with Crippen molar-refractivity contribution in [1.82, 2.24) is 19.1 Å². The van der Waals surface area contributed by atoms with Crippen molar-refractivity contribution < 1.29 is 0 Å². The van der Waals surface area contributed by atoms with Crippen molar-refractivity contribution in [2.24, 2.45) is 0 Å². The summed E-state index contributed by atoms with van der Waals surface area (Å²) in [5.74, 6) is 0.682. The molecule has 54 heavy (non-hydrogen) atoms. The lowest BCUT2D eigenvalue weighted by Crippen LogP contribution is -2.03. The Labute approximate surface area is 311 Å². The van der Waals surface area contributed by atoms with E-state index in [1.807, 2.05) is 0 Å². The van der Waals surface area contributed by atoms with Crippen LogP contribution in [0.25, 0.3) is 99.3 Å². The van der Waals surface area contributed by atoms with Crippen LogP contribution in [-0.4, -0.2) is 19.1 Å². The van der Waals surface area contributed by atoms with Gasteiger partial charge in [0.25, 0.3) is 0 Å². The minimum Gasteiger partial charge on any atom is -0.309 e. The Kier molecular flexibility index (Phi) is 6.14. The van der Waals surface area contributed by atoms with Gasteiger partial charge in [0, 0.05) is 38.2 Å². The summed E-state index contributed by atoms with van der Waals surface area (Å²) in [5.41, 5.74) is 14.0. The van der Waals surface area contributed by atoms with Crippen molar-refractivity contribution in [3.05, 3.63) is 181 Å². The molecule has 0 N–H and O–H groups in total. The summed E-state index contributed by atoms with van der Waals surface area (Å²) < 4.78 is 4.62. The molecule has 11 aromatic rings. The molecule has 0 saturated heterocycles. The highest BCUT2D eigenvalue weighted by molar-refractivity contribution is 6.13. The minimum atomic E-state index is 0.682. The fourth-order valence-corrected chi connectivity index (χ4v) is 9.20. The fraction of sp³-hybridized carbons (Fsp3) is 0.0400. The lowest BCUT2D eigenvalue weighted by atomic mass is 9.96. The monoisotopic (exact) mass is 688 g/mol. The summed E-state index contributed by atoms with van der Waals surface area (Å²) >= 11 is 0. The molecule has 4 nitrogen and oxygen atoms in total. The number of benzene rings is 8. The number of rotatable bonds is 4. The Morgan fingerprint density at radius 2 is 0.963 bits per heavy atom. The third-order valence-corrected chi connectivity index (χ3v) is 11.6. The molecular formula is C50H32N4. The van der Waals surface area contributed by atoms with Gasteiger partial charge in [-0.1, -0.05) is 115 Å². The summed E-state index contributed by atoms with van der Waals surface area (Å²) in [5, 5.41) is 8.58. The molecule has 0 amide bonds. The van der Waals surface area contributed by atoms with Gasteiger partial charge in [-0.2, -0.15) is 0 Å². The molecule has 3 aromatic heterocycles. The van der Waals surface area contributed by atoms with Crippen LogP contribution in [-0.2, 0) is 12.8 Å². The van der Waals surface area contributed by atoms with E-state index < -0.39 is 0 Å². The van der Waals surface area contributed by atoms with Crippen LogP contribution in [0.1, 0.15) is 11.1 Å². The van der Waals surface area contributed by atoms with E-state index in [4.69, 9.17) is 9.97 Å². The third kappa shape index (κ3) is 4.19. The Morgan fingerprint density at radius 1 is 0.389 bits per heavy atom. The maximum absolute atomic E-state index is 5.46. The standard InChI is InChI=1S/C50H32N4/c1-2-12-35(13-3-1)53-44-19-8-5-14-36(44)41-29-33(24-27-46(41)53)34-25-28-47-42(30-34)37-15-6-9-20-45(37)54(47)50-51-43-18-7-4-16-40(43)49(52-50)39-26-23-32-22-21-31-11-10-17-38(39)48(31)32/h1-20,23-30H,21-22H2. The summed E-state index contributed by atoms with van der Waals surface area (Å²) in [4.78, 5) is 10.7. The smallest absolute Gasteiger partial charge is 0.235 e. The van der Waals surface area contributed by atoms with Gasteiger partial charge < -0.3 is 4.57 Å². The average molecular weight is 689 g/mol. The first-order valence-electron chi connectivity index (χ1n) is 18.7. The zero-order valence-corrected chi connectivity index (χ0v) is 29.4. The Balaban J connectivity index is 1.06. The van der Waals surface area contributed by atoms with Crippen LogP contribution in [0.15, 0.2) is 170 Å². The van der Waals surface area contributed by atoms with Gasteiger partial charge in [0.05, 0.1) is 33.3 Å². The molecule has 0 saturated carbocycles. The van der Waals surface area contributed by atoms with Gasteiger partial charge in [-0.25, -0.2) is 9.97 Å². The molecule has 0 spiro atoms. The Bertz CT molecular complexity index is 3320. The summed E-state index contributed by atoms with van der Waals surface area (Å²) in [6, 6.07) is 61.5. The molecule has 8 aromatic carbocycles. The minimum absolute atomic E-state index is 0.682. The van der Waals surface area contributed by atoms with Gasteiger partial charge >= 0.3 is 0 Å². The van der Waals surface area contributed by atoms with Crippen molar-refractivity contribution in [2.45, 2.75) is 12.8 Å². The van der Waals surface area contributed by atoms with E-state index >= 15 is 0 Å². The molecular weight excluding hydrogens is 657 g/mol. The quantitative estimate of drug-likeness (QED) is 0.184. The van der Waals surface area contributed by atoms with E-state index in [-0.39, 0.29) is 0 Å². The molecule has 1 aliphatic rings. The number of hydrogen-bond acceptors (Lipinski definition) is 2. The molecule has 4 heteroatoms. The largest absolute Gasteiger partial charge is 0.309 e. The van der Waals surface area contributed by atoms with E-state index in [0.717, 1.165) is 46.0 Å². The molecule has 0 radical (unpaired) electrons. The van der Waals surface area contributed by atoms with E-state index in [2.05, 4.69) is 179 Å². The molecule has 0 fully saturated rings. The highest BCUT2D eigenvalue weighted by Crippen LogP contribution is 2.41. The molecule has 0 unspecified atom stereocenters. The average Bonchev–Trinajstić information content (AvgIpc) is 3.91. The molecule has 3 heterocycles. The lowest BCUT2D eigenvalue weighted by molar-refractivity contribution is 1.01. The maximum Gasteiger partial charge on any atom is 0.235 e. The van der Waals surface area contributed by atoms with Crippen LogP contribution >= 0.6 is 0 Å². The normalized spacial score (nSPS) is 12.7. The highest BCUT2D eigenvalue weighted by Gasteiger charge is 2.22. The van der Waals surface area contributed by atoms with Gasteiger partial charge in [-0.3, -0.25) is 4.57 Å². The molecule has 0 bridgehead atoms. The first kappa shape index (κ1) is 29.5. The predicted molar refractivity (Wildman–Crippen MR) is 224 cm³/mol. The van der Waals surface area contributed by atoms with Crippen LogP contribution in [0.5, 0.6) is 0 Å². The molecule has 252 valence electrons. The molecule has 0 aliphatic heterocycles. The van der Waals surface area contributed by atoms with Crippen LogP contribution in [0.3, 0.4) is 0 Å². The van der Waals surface area contributed by atoms with E-state index in [0.29, 0.717) is 5.95 Å². The van der Waals surface area contributed by atoms with Crippen molar-refractivity contribution in [3.63, 3.8) is 0 Å². The van der Waals surface area contributed by atoms with Crippen molar-refractivity contribution in [1.29, 1.82) is 0 Å². The Hall–Kier alpha value is -7.04. The number of fused-ring (bicyclic) bond motifs is 7. The zero-order chi connectivity index (χ0) is 35.3. The lowest BCUT2D eigenvalue weighted by Gasteiger charge is -2.14. The third-order valence-electron chi connectivity index (χ3n) is 11.6. The fourth-order valence-electron chi connectivity index (χ4n) is 9.20. The van der Waals surface area contributed by atoms with Crippen molar-refractivity contribution in [2.75, 3.05) is 0 Å². The first-order valence-corrected chi connectivity index (χ1v) is 18.7. The number of aromatic nitrogens is 4. The van der Waals surface area contributed by atoms with Gasteiger partial charge in [-0.15, -0.1) is 0 Å². The van der Waals surface area contributed by atoms with Crippen LogP contribution in [0, 0.1) is 0 Å². The SMILES string of the molecule is c1ccc(-n2c3ccccc3c3cc(-c4ccc5c(c4)c4ccccc4n5-c4nc(-c5ccc6c7c(cccc57)CC6)c5ccccc5n4)ccc32)cc1. The zero-order valence-electron chi connectivity index (χ0n) is 29.4. The van der Waals surface area contributed by atoms with Gasteiger partial charge in [0.15, 0.2) is 0 Å². The van der Waals surface area contributed by atoms with Crippen molar-refractivity contribution in [3.8, 4) is 34.0 Å². The van der Waals surface area contributed by atoms with Gasteiger partial charge in [0.2, 0.25) is 5.95 Å². The van der Waals surface area contributed by atoms with E-state index in [9.17, 15) is 0 Å². The topological polar surface area (TPSA) is 35.6 Å². The van der Waals surface area contributed by atoms with Crippen molar-refractivity contribution >= 4 is 65.3 Å². The van der Waals surface area contributed by atoms with E-state index in [1.165, 1.54) is 71.3 Å². The number of para-hydroxylation sites is 4. The van der Waals surface area contributed by atoms with Gasteiger partial charge in [-0.05, 0) is 100 Å². The molecule has 12 rings (SSSR count). The summed E-state index contributed by atoms with van der Waals surface area (Å²) in [6.45, 7) is 0. The van der Waals surface area contributed by atoms with Crippen LogP contribution in [0.2, 0.25) is 0 Å². The maximum atomic E-state index is 5.46. The van der Waals surface area contributed by atoms with E-state index in [1.54, 1.807) is 0 Å². The highest BCUT2D eigenvalue weighted by atomic mass is 15.2. The number of aryl methyl sites for hydroxylation is 2. The second-order valence-electron chi connectivity index (χ2n) is 14.5. The second-order valence-corrected chi connectivity index (χ2v) is 14.5. The number of nitrogens with zero attached hydrogens (tertiary/aromatic N) is 4. The van der Waals surface area contributed by atoms with Gasteiger partial charge in [0.1, 0.15) is 0 Å². The van der Waals surface area contributed by atoms with Crippen LogP contribution in [0.4, 0.5) is 0 Å². The molecule has 0 atom stereocenters. The predicted octanol–water partition coefficient (Wildman–Crippen LogP) is 12.4. The Morgan fingerprint density at radius 3 is 1.70 bits per heavy atom. The molecule has 1 aliphatic carbocycles. The summed E-state index contributed by atoms with van der Waals surface area (Å²) in [7, 11) is 0. The second kappa shape index (κ2) is 11.2. The number of hydrogen-bond donors (Lipinski definition) is 0. The first-order chi connectivity index (χ1) is 26.8.